The Kier molecular flexibility index (Phi) is 6.42. The Morgan fingerprint density at radius 3 is 1.84 bits per heavy atom. The average Bonchev–Trinajstić information content (AvgIpc) is 3.77. The molecule has 0 aliphatic carbocycles. The van der Waals surface area contributed by atoms with Crippen molar-refractivity contribution < 1.29 is 8.83 Å². The zero-order chi connectivity index (χ0) is 33.0. The summed E-state index contributed by atoms with van der Waals surface area (Å²) in [7, 11) is 0. The van der Waals surface area contributed by atoms with E-state index in [0.29, 0.717) is 5.82 Å². The van der Waals surface area contributed by atoms with Crippen molar-refractivity contribution in [3.63, 3.8) is 0 Å². The van der Waals surface area contributed by atoms with Gasteiger partial charge in [0.25, 0.3) is 0 Å². The number of rotatable bonds is 5. The van der Waals surface area contributed by atoms with Gasteiger partial charge in [-0.1, -0.05) is 115 Å². The van der Waals surface area contributed by atoms with Gasteiger partial charge in [0, 0.05) is 50.6 Å². The molecule has 5 heteroatoms. The molecule has 0 fully saturated rings. The lowest BCUT2D eigenvalue weighted by atomic mass is 9.95. The van der Waals surface area contributed by atoms with Crippen LogP contribution >= 0.6 is 0 Å². The van der Waals surface area contributed by atoms with E-state index in [9.17, 15) is 0 Å². The number of aromatic nitrogens is 3. The standard InChI is InChI=1S/C45H27N3O2/c1-2-11-29(12-3-1)38-27-39(31-14-5-4-13-30(31)28-23-25-46-26-24-28)48-45(47-38)37-22-21-33(42-36-16-7-9-20-41(36)50-44(37)42)35-18-10-17-34-32-15-6-8-19-40(32)49-43(34)35/h1-27H. The lowest BCUT2D eigenvalue weighted by molar-refractivity contribution is 0.669. The Balaban J connectivity index is 1.25. The molecule has 50 heavy (non-hydrogen) atoms. The maximum Gasteiger partial charge on any atom is 0.164 e. The van der Waals surface area contributed by atoms with Crippen LogP contribution in [0.25, 0.3) is 100 Å². The van der Waals surface area contributed by atoms with E-state index in [1.54, 1.807) is 0 Å². The van der Waals surface area contributed by atoms with Crippen LogP contribution in [0.3, 0.4) is 0 Å². The van der Waals surface area contributed by atoms with Crippen LogP contribution in [-0.4, -0.2) is 15.0 Å². The molecule has 0 aliphatic rings. The summed E-state index contributed by atoms with van der Waals surface area (Å²) in [6, 6.07) is 51.7. The molecule has 0 radical (unpaired) electrons. The van der Waals surface area contributed by atoms with E-state index in [-0.39, 0.29) is 0 Å². The van der Waals surface area contributed by atoms with Gasteiger partial charge in [0.1, 0.15) is 22.3 Å². The van der Waals surface area contributed by atoms with Crippen LogP contribution in [0.4, 0.5) is 0 Å². The average molecular weight is 642 g/mol. The Hall–Kier alpha value is -6.85. The van der Waals surface area contributed by atoms with E-state index in [4.69, 9.17) is 18.8 Å². The summed E-state index contributed by atoms with van der Waals surface area (Å²) in [5.41, 5.74) is 11.9. The second-order valence-electron chi connectivity index (χ2n) is 12.4. The third kappa shape index (κ3) is 4.52. The van der Waals surface area contributed by atoms with E-state index >= 15 is 0 Å². The largest absolute Gasteiger partial charge is 0.455 e. The highest BCUT2D eigenvalue weighted by atomic mass is 16.3. The molecule has 0 saturated carbocycles. The number of para-hydroxylation sites is 3. The summed E-state index contributed by atoms with van der Waals surface area (Å²) in [5.74, 6) is 0.587. The van der Waals surface area contributed by atoms with Gasteiger partial charge in [-0.3, -0.25) is 4.98 Å². The monoisotopic (exact) mass is 641 g/mol. The Bertz CT molecular complexity index is 2870. The van der Waals surface area contributed by atoms with Crippen molar-refractivity contribution in [2.75, 3.05) is 0 Å². The van der Waals surface area contributed by atoms with Crippen molar-refractivity contribution >= 4 is 43.9 Å². The van der Waals surface area contributed by atoms with E-state index in [1.807, 2.05) is 73.1 Å². The molecule has 10 aromatic rings. The van der Waals surface area contributed by atoms with Gasteiger partial charge in [0.05, 0.1) is 17.0 Å². The van der Waals surface area contributed by atoms with Crippen LogP contribution in [0, 0.1) is 0 Å². The van der Waals surface area contributed by atoms with Crippen molar-refractivity contribution in [1.29, 1.82) is 0 Å². The van der Waals surface area contributed by atoms with Gasteiger partial charge >= 0.3 is 0 Å². The first-order valence-corrected chi connectivity index (χ1v) is 16.6. The normalized spacial score (nSPS) is 11.6. The summed E-state index contributed by atoms with van der Waals surface area (Å²) >= 11 is 0. The number of nitrogens with zero attached hydrogens (tertiary/aromatic N) is 3. The van der Waals surface area contributed by atoms with Gasteiger partial charge in [-0.25, -0.2) is 9.97 Å². The Morgan fingerprint density at radius 1 is 0.380 bits per heavy atom. The summed E-state index contributed by atoms with van der Waals surface area (Å²) < 4.78 is 13.2. The molecule has 6 aromatic carbocycles. The predicted molar refractivity (Wildman–Crippen MR) is 202 cm³/mol. The molecule has 0 amide bonds. The summed E-state index contributed by atoms with van der Waals surface area (Å²) in [5, 5.41) is 4.20. The topological polar surface area (TPSA) is 65.0 Å². The second-order valence-corrected chi connectivity index (χ2v) is 12.4. The van der Waals surface area contributed by atoms with Crippen LogP contribution in [-0.2, 0) is 0 Å². The maximum absolute atomic E-state index is 6.74. The Labute approximate surface area is 287 Å². The number of hydrogen-bond donors (Lipinski definition) is 0. The molecule has 0 spiro atoms. The highest BCUT2D eigenvalue weighted by Crippen LogP contribution is 2.45. The minimum absolute atomic E-state index is 0.587. The fraction of sp³-hybridized carbons (Fsp3) is 0. The van der Waals surface area contributed by atoms with Crippen molar-refractivity contribution in [2.24, 2.45) is 0 Å². The fourth-order valence-electron chi connectivity index (χ4n) is 7.14. The number of benzene rings is 6. The maximum atomic E-state index is 6.74. The first kappa shape index (κ1) is 28.2. The lowest BCUT2D eigenvalue weighted by Crippen LogP contribution is -1.97. The van der Waals surface area contributed by atoms with E-state index < -0.39 is 0 Å². The zero-order valence-corrected chi connectivity index (χ0v) is 26.7. The predicted octanol–water partition coefficient (Wildman–Crippen LogP) is 12.0. The summed E-state index contributed by atoms with van der Waals surface area (Å²) in [4.78, 5) is 14.7. The lowest BCUT2D eigenvalue weighted by Gasteiger charge is -2.13. The third-order valence-corrected chi connectivity index (χ3v) is 9.45. The Morgan fingerprint density at radius 2 is 1.00 bits per heavy atom. The van der Waals surface area contributed by atoms with Crippen LogP contribution in [0.15, 0.2) is 173 Å². The second kappa shape index (κ2) is 11.4. The first-order valence-electron chi connectivity index (χ1n) is 16.6. The molecule has 0 N–H and O–H groups in total. The van der Waals surface area contributed by atoms with Gasteiger partial charge < -0.3 is 8.83 Å². The van der Waals surface area contributed by atoms with Gasteiger partial charge in [0.15, 0.2) is 5.82 Å². The van der Waals surface area contributed by atoms with E-state index in [1.165, 1.54) is 0 Å². The number of furan rings is 2. The van der Waals surface area contributed by atoms with Crippen LogP contribution in [0.1, 0.15) is 0 Å². The minimum atomic E-state index is 0.587. The van der Waals surface area contributed by atoms with Gasteiger partial charge in [-0.05, 0) is 53.1 Å². The summed E-state index contributed by atoms with van der Waals surface area (Å²) in [6.45, 7) is 0. The third-order valence-electron chi connectivity index (χ3n) is 9.45. The number of fused-ring (bicyclic) bond motifs is 6. The zero-order valence-electron chi connectivity index (χ0n) is 26.7. The van der Waals surface area contributed by atoms with Crippen LogP contribution in [0.5, 0.6) is 0 Å². The van der Waals surface area contributed by atoms with Gasteiger partial charge in [-0.2, -0.15) is 0 Å². The quantitative estimate of drug-likeness (QED) is 0.187. The molecule has 4 aromatic heterocycles. The van der Waals surface area contributed by atoms with Crippen molar-refractivity contribution in [3.05, 3.63) is 164 Å². The molecule has 0 atom stereocenters. The van der Waals surface area contributed by atoms with Crippen LogP contribution in [0.2, 0.25) is 0 Å². The number of pyridine rings is 1. The highest BCUT2D eigenvalue weighted by molar-refractivity contribution is 6.19. The molecular weight excluding hydrogens is 615 g/mol. The molecule has 10 rings (SSSR count). The van der Waals surface area contributed by atoms with Crippen LogP contribution < -0.4 is 0 Å². The first-order chi connectivity index (χ1) is 24.8. The van der Waals surface area contributed by atoms with Gasteiger partial charge in [-0.15, -0.1) is 0 Å². The van der Waals surface area contributed by atoms with Crippen molar-refractivity contribution in [3.8, 4) is 56.2 Å². The molecule has 0 unspecified atom stereocenters. The summed E-state index contributed by atoms with van der Waals surface area (Å²) in [6.07, 6.45) is 3.64. The van der Waals surface area contributed by atoms with E-state index in [2.05, 4.69) is 96.0 Å². The van der Waals surface area contributed by atoms with Crippen molar-refractivity contribution in [1.82, 2.24) is 15.0 Å². The highest BCUT2D eigenvalue weighted by Gasteiger charge is 2.22. The molecule has 0 bridgehead atoms. The minimum Gasteiger partial charge on any atom is -0.455 e. The molecule has 4 heterocycles. The number of hydrogen-bond acceptors (Lipinski definition) is 5. The van der Waals surface area contributed by atoms with Crippen molar-refractivity contribution in [2.45, 2.75) is 0 Å². The molecule has 0 aliphatic heterocycles. The smallest absolute Gasteiger partial charge is 0.164 e. The van der Waals surface area contributed by atoms with Gasteiger partial charge in [0.2, 0.25) is 0 Å². The molecule has 0 saturated heterocycles. The SMILES string of the molecule is c1ccc(-c2cc(-c3ccccc3-c3ccncc3)nc(-c3ccc(-c4cccc5c4oc4ccccc45)c4c3oc3ccccc34)n2)cc1. The fourth-order valence-corrected chi connectivity index (χ4v) is 7.14. The molecular formula is C45H27N3O2. The molecule has 5 nitrogen and oxygen atoms in total. The van der Waals surface area contributed by atoms with E-state index in [0.717, 1.165) is 94.2 Å². The molecule has 234 valence electrons.